The Hall–Kier alpha value is -1.02. The van der Waals surface area contributed by atoms with E-state index in [1.54, 1.807) is 0 Å². The maximum absolute atomic E-state index is 6.03. The van der Waals surface area contributed by atoms with Crippen molar-refractivity contribution in [3.63, 3.8) is 0 Å². The molecule has 0 amide bonds. The highest BCUT2D eigenvalue weighted by atomic mass is 16.5. The summed E-state index contributed by atoms with van der Waals surface area (Å²) < 4.78 is 6.03. The van der Waals surface area contributed by atoms with Crippen molar-refractivity contribution in [3.8, 4) is 5.75 Å². The zero-order valence-electron chi connectivity index (χ0n) is 12.8. The molecular formula is C18H29NO. The topological polar surface area (TPSA) is 21.3 Å². The largest absolute Gasteiger partial charge is 0.490 e. The third kappa shape index (κ3) is 5.54. The van der Waals surface area contributed by atoms with Gasteiger partial charge in [-0.1, -0.05) is 44.4 Å². The van der Waals surface area contributed by atoms with Crippen molar-refractivity contribution in [3.05, 3.63) is 30.3 Å². The number of ether oxygens (including phenoxy) is 1. The van der Waals surface area contributed by atoms with Gasteiger partial charge in [-0.2, -0.15) is 0 Å². The van der Waals surface area contributed by atoms with Gasteiger partial charge in [0.25, 0.3) is 0 Å². The number of hydrogen-bond acceptors (Lipinski definition) is 2. The number of benzene rings is 1. The van der Waals surface area contributed by atoms with E-state index in [1.807, 2.05) is 18.2 Å². The van der Waals surface area contributed by atoms with Crippen LogP contribution < -0.4 is 10.1 Å². The Balaban J connectivity index is 1.58. The molecule has 2 heteroatoms. The smallest absolute Gasteiger partial charge is 0.119 e. The lowest BCUT2D eigenvalue weighted by Crippen LogP contribution is -2.36. The molecule has 20 heavy (non-hydrogen) atoms. The maximum Gasteiger partial charge on any atom is 0.119 e. The van der Waals surface area contributed by atoms with E-state index in [1.165, 1.54) is 57.9 Å². The monoisotopic (exact) mass is 275 g/mol. The summed E-state index contributed by atoms with van der Waals surface area (Å²) in [4.78, 5) is 0. The SMILES string of the molecule is CCCCCCNC1CCC(Oc2ccccc2)CC1. The minimum atomic E-state index is 0.413. The van der Waals surface area contributed by atoms with Gasteiger partial charge in [0.2, 0.25) is 0 Å². The fourth-order valence-electron chi connectivity index (χ4n) is 2.93. The average Bonchev–Trinajstić information content (AvgIpc) is 2.50. The van der Waals surface area contributed by atoms with Gasteiger partial charge in [-0.25, -0.2) is 0 Å². The maximum atomic E-state index is 6.03. The minimum absolute atomic E-state index is 0.413. The molecule has 1 aliphatic rings. The third-order valence-corrected chi connectivity index (χ3v) is 4.18. The number of para-hydroxylation sites is 1. The van der Waals surface area contributed by atoms with Crippen LogP contribution in [-0.2, 0) is 0 Å². The highest BCUT2D eigenvalue weighted by molar-refractivity contribution is 5.21. The summed E-state index contributed by atoms with van der Waals surface area (Å²) in [5.74, 6) is 1.02. The second kappa shape index (κ2) is 9.02. The molecule has 0 unspecified atom stereocenters. The molecule has 1 aromatic rings. The van der Waals surface area contributed by atoms with Gasteiger partial charge in [0, 0.05) is 6.04 Å². The predicted octanol–water partition coefficient (Wildman–Crippen LogP) is 4.55. The van der Waals surface area contributed by atoms with Crippen LogP contribution in [-0.4, -0.2) is 18.7 Å². The molecule has 0 aromatic heterocycles. The Kier molecular flexibility index (Phi) is 6.93. The summed E-state index contributed by atoms with van der Waals surface area (Å²) in [7, 11) is 0. The van der Waals surface area contributed by atoms with Crippen LogP contribution in [0, 0.1) is 0 Å². The fraction of sp³-hybridized carbons (Fsp3) is 0.667. The van der Waals surface area contributed by atoms with Crippen LogP contribution in [0.15, 0.2) is 30.3 Å². The van der Waals surface area contributed by atoms with Gasteiger partial charge in [0.15, 0.2) is 0 Å². The van der Waals surface area contributed by atoms with Crippen molar-refractivity contribution in [2.24, 2.45) is 0 Å². The quantitative estimate of drug-likeness (QED) is 0.703. The highest BCUT2D eigenvalue weighted by Crippen LogP contribution is 2.23. The number of rotatable bonds is 8. The lowest BCUT2D eigenvalue weighted by Gasteiger charge is -2.29. The van der Waals surface area contributed by atoms with Gasteiger partial charge in [-0.3, -0.25) is 0 Å². The number of unbranched alkanes of at least 4 members (excludes halogenated alkanes) is 3. The lowest BCUT2D eigenvalue weighted by molar-refractivity contribution is 0.139. The summed E-state index contributed by atoms with van der Waals surface area (Å²) in [5, 5.41) is 3.71. The van der Waals surface area contributed by atoms with E-state index < -0.39 is 0 Å². The lowest BCUT2D eigenvalue weighted by atomic mass is 9.93. The normalized spacial score (nSPS) is 22.6. The van der Waals surface area contributed by atoms with E-state index in [9.17, 15) is 0 Å². The summed E-state index contributed by atoms with van der Waals surface area (Å²) in [6.07, 6.45) is 10.7. The van der Waals surface area contributed by atoms with Gasteiger partial charge in [-0.05, 0) is 50.8 Å². The van der Waals surface area contributed by atoms with Gasteiger partial charge < -0.3 is 10.1 Å². The Morgan fingerprint density at radius 2 is 1.75 bits per heavy atom. The molecule has 0 atom stereocenters. The molecular weight excluding hydrogens is 246 g/mol. The third-order valence-electron chi connectivity index (χ3n) is 4.18. The van der Waals surface area contributed by atoms with Gasteiger partial charge in [-0.15, -0.1) is 0 Å². The molecule has 112 valence electrons. The summed E-state index contributed by atoms with van der Waals surface area (Å²) in [6.45, 7) is 3.45. The summed E-state index contributed by atoms with van der Waals surface area (Å²) >= 11 is 0. The summed E-state index contributed by atoms with van der Waals surface area (Å²) in [5.41, 5.74) is 0. The predicted molar refractivity (Wildman–Crippen MR) is 85.3 cm³/mol. The minimum Gasteiger partial charge on any atom is -0.490 e. The second-order valence-electron chi connectivity index (χ2n) is 5.92. The highest BCUT2D eigenvalue weighted by Gasteiger charge is 2.21. The van der Waals surface area contributed by atoms with Gasteiger partial charge in [0.05, 0.1) is 6.10 Å². The standard InChI is InChI=1S/C18H29NO/c1-2-3-4-8-15-19-16-11-13-18(14-12-16)20-17-9-6-5-7-10-17/h5-7,9-10,16,18-19H,2-4,8,11-15H2,1H3. The van der Waals surface area contributed by atoms with Crippen molar-refractivity contribution in [1.29, 1.82) is 0 Å². The van der Waals surface area contributed by atoms with E-state index in [4.69, 9.17) is 4.74 Å². The second-order valence-corrected chi connectivity index (χ2v) is 5.92. The van der Waals surface area contributed by atoms with E-state index >= 15 is 0 Å². The molecule has 0 saturated heterocycles. The van der Waals surface area contributed by atoms with Gasteiger partial charge >= 0.3 is 0 Å². The first-order valence-corrected chi connectivity index (χ1v) is 8.33. The Labute approximate surface area is 123 Å². The molecule has 0 spiro atoms. The van der Waals surface area contributed by atoms with Crippen LogP contribution in [0.1, 0.15) is 58.3 Å². The molecule has 0 aliphatic heterocycles. The Bertz CT molecular complexity index is 344. The van der Waals surface area contributed by atoms with Gasteiger partial charge in [0.1, 0.15) is 5.75 Å². The van der Waals surface area contributed by atoms with E-state index in [0.717, 1.165) is 5.75 Å². The zero-order valence-corrected chi connectivity index (χ0v) is 12.8. The van der Waals surface area contributed by atoms with Crippen LogP contribution in [0.4, 0.5) is 0 Å². The molecule has 0 radical (unpaired) electrons. The van der Waals surface area contributed by atoms with Crippen LogP contribution >= 0.6 is 0 Å². The average molecular weight is 275 g/mol. The van der Waals surface area contributed by atoms with Crippen molar-refractivity contribution in [1.82, 2.24) is 5.32 Å². The molecule has 1 aliphatic carbocycles. The van der Waals surface area contributed by atoms with Crippen LogP contribution in [0.2, 0.25) is 0 Å². The fourth-order valence-corrected chi connectivity index (χ4v) is 2.93. The van der Waals surface area contributed by atoms with Crippen LogP contribution in [0.3, 0.4) is 0 Å². The van der Waals surface area contributed by atoms with E-state index in [-0.39, 0.29) is 0 Å². The summed E-state index contributed by atoms with van der Waals surface area (Å²) in [6, 6.07) is 10.9. The van der Waals surface area contributed by atoms with Crippen LogP contribution in [0.25, 0.3) is 0 Å². The number of nitrogens with one attached hydrogen (secondary N) is 1. The molecule has 1 aromatic carbocycles. The molecule has 1 fully saturated rings. The molecule has 0 heterocycles. The molecule has 2 nitrogen and oxygen atoms in total. The molecule has 0 bridgehead atoms. The zero-order chi connectivity index (χ0) is 14.0. The number of hydrogen-bond donors (Lipinski definition) is 1. The van der Waals surface area contributed by atoms with Crippen LogP contribution in [0.5, 0.6) is 5.75 Å². The van der Waals surface area contributed by atoms with Crippen molar-refractivity contribution in [2.45, 2.75) is 70.4 Å². The first-order valence-electron chi connectivity index (χ1n) is 8.33. The molecule has 1 N–H and O–H groups in total. The van der Waals surface area contributed by atoms with Crippen molar-refractivity contribution >= 4 is 0 Å². The molecule has 2 rings (SSSR count). The van der Waals surface area contributed by atoms with Crippen molar-refractivity contribution < 1.29 is 4.74 Å². The Morgan fingerprint density at radius 3 is 2.45 bits per heavy atom. The Morgan fingerprint density at radius 1 is 1.00 bits per heavy atom. The van der Waals surface area contributed by atoms with E-state index in [0.29, 0.717) is 12.1 Å². The first kappa shape index (κ1) is 15.4. The molecule has 1 saturated carbocycles. The van der Waals surface area contributed by atoms with E-state index in [2.05, 4.69) is 24.4 Å². The first-order chi connectivity index (χ1) is 9.88. The van der Waals surface area contributed by atoms with Crippen molar-refractivity contribution in [2.75, 3.05) is 6.54 Å².